The van der Waals surface area contributed by atoms with Crippen molar-refractivity contribution >= 4 is 22.4 Å². The van der Waals surface area contributed by atoms with Gasteiger partial charge >= 0.3 is 0 Å². The number of nitrogens with two attached hydrogens (primary N) is 1. The van der Waals surface area contributed by atoms with Crippen LogP contribution in [0.4, 0.5) is 0 Å². The molecule has 1 aromatic carbocycles. The molecule has 0 atom stereocenters. The van der Waals surface area contributed by atoms with Gasteiger partial charge in [-0.2, -0.15) is 0 Å². The van der Waals surface area contributed by atoms with Crippen LogP contribution >= 0.6 is 12.4 Å². The van der Waals surface area contributed by atoms with Crippen molar-refractivity contribution in [3.05, 3.63) is 23.8 Å². The molecule has 21 heavy (non-hydrogen) atoms. The average molecular weight is 335 g/mol. The number of benzene rings is 1. The zero-order valence-electron chi connectivity index (χ0n) is 12.4. The minimum absolute atomic E-state index is 0. The third-order valence-corrected chi connectivity index (χ3v) is 5.64. The van der Waals surface area contributed by atoms with Gasteiger partial charge in [0.15, 0.2) is 0 Å². The number of rotatable bonds is 6. The van der Waals surface area contributed by atoms with E-state index in [0.29, 0.717) is 19.4 Å². The molecule has 2 rings (SSSR count). The predicted molar refractivity (Wildman–Crippen MR) is 85.6 cm³/mol. The first-order valence-electron chi connectivity index (χ1n) is 6.96. The van der Waals surface area contributed by atoms with Crippen molar-refractivity contribution in [2.75, 3.05) is 13.2 Å². The Morgan fingerprint density at radius 2 is 2.00 bits per heavy atom. The molecule has 3 N–H and O–H groups in total. The average Bonchev–Trinajstić information content (AvgIpc) is 2.92. The second kappa shape index (κ2) is 6.96. The summed E-state index contributed by atoms with van der Waals surface area (Å²) in [5.41, 5.74) is 6.13. The van der Waals surface area contributed by atoms with Gasteiger partial charge in [-0.25, -0.2) is 13.1 Å². The number of nitrogens with one attached hydrogen (secondary N) is 1. The number of hydrogen-bond donors (Lipinski definition) is 2. The highest BCUT2D eigenvalue weighted by atomic mass is 35.5. The second-order valence-corrected chi connectivity index (χ2v) is 6.85. The summed E-state index contributed by atoms with van der Waals surface area (Å²) in [5.74, 6) is 0.778. The molecule has 0 spiro atoms. The monoisotopic (exact) mass is 334 g/mol. The number of sulfonamides is 1. The Labute approximate surface area is 132 Å². The number of halogens is 1. The SMILES string of the molecule is CCC(CC)(CN)NS(=O)(=O)c1ccc2c(c1)CCO2.Cl. The summed E-state index contributed by atoms with van der Waals surface area (Å²) in [6, 6.07) is 5.00. The summed E-state index contributed by atoms with van der Waals surface area (Å²) in [6.45, 7) is 4.78. The molecular formula is C14H23ClN2O3S. The zero-order valence-corrected chi connectivity index (χ0v) is 14.0. The van der Waals surface area contributed by atoms with Crippen molar-refractivity contribution < 1.29 is 13.2 Å². The lowest BCUT2D eigenvalue weighted by atomic mass is 9.95. The Balaban J connectivity index is 0.00000220. The van der Waals surface area contributed by atoms with Crippen LogP contribution in [0.3, 0.4) is 0 Å². The molecule has 120 valence electrons. The van der Waals surface area contributed by atoms with E-state index >= 15 is 0 Å². The van der Waals surface area contributed by atoms with E-state index in [0.717, 1.165) is 17.7 Å². The molecule has 0 aliphatic carbocycles. The second-order valence-electron chi connectivity index (χ2n) is 5.17. The Morgan fingerprint density at radius 1 is 1.33 bits per heavy atom. The lowest BCUT2D eigenvalue weighted by Crippen LogP contribution is -2.52. The van der Waals surface area contributed by atoms with Crippen LogP contribution in [0.1, 0.15) is 32.3 Å². The lowest BCUT2D eigenvalue weighted by molar-refractivity contribution is 0.356. The largest absolute Gasteiger partial charge is 0.493 e. The molecular weight excluding hydrogens is 312 g/mol. The number of hydrogen-bond acceptors (Lipinski definition) is 4. The predicted octanol–water partition coefficient (Wildman–Crippen LogP) is 1.84. The topological polar surface area (TPSA) is 81.4 Å². The molecule has 1 aliphatic rings. The lowest BCUT2D eigenvalue weighted by Gasteiger charge is -2.31. The Bertz CT molecular complexity index is 578. The van der Waals surface area contributed by atoms with Crippen LogP contribution in [0.2, 0.25) is 0 Å². The fourth-order valence-corrected chi connectivity index (χ4v) is 4.00. The van der Waals surface area contributed by atoms with E-state index in [1.54, 1.807) is 18.2 Å². The molecule has 0 bridgehead atoms. The van der Waals surface area contributed by atoms with Crippen LogP contribution in [0.15, 0.2) is 23.1 Å². The van der Waals surface area contributed by atoms with Gasteiger partial charge in [-0.1, -0.05) is 13.8 Å². The molecule has 0 saturated carbocycles. The van der Waals surface area contributed by atoms with E-state index in [1.807, 2.05) is 13.8 Å². The van der Waals surface area contributed by atoms with Crippen LogP contribution < -0.4 is 15.2 Å². The molecule has 0 fully saturated rings. The fourth-order valence-electron chi connectivity index (χ4n) is 2.40. The van der Waals surface area contributed by atoms with Gasteiger partial charge < -0.3 is 10.5 Å². The third-order valence-electron chi connectivity index (χ3n) is 4.07. The molecule has 1 aromatic rings. The van der Waals surface area contributed by atoms with E-state index in [2.05, 4.69) is 4.72 Å². The molecule has 0 radical (unpaired) electrons. The first-order valence-corrected chi connectivity index (χ1v) is 8.44. The molecule has 0 saturated heterocycles. The number of fused-ring (bicyclic) bond motifs is 1. The van der Waals surface area contributed by atoms with Crippen molar-refractivity contribution in [3.63, 3.8) is 0 Å². The van der Waals surface area contributed by atoms with Crippen LogP contribution in [0.5, 0.6) is 5.75 Å². The maximum atomic E-state index is 12.5. The first kappa shape index (κ1) is 18.2. The normalized spacial score (nSPS) is 14.2. The van der Waals surface area contributed by atoms with E-state index in [1.165, 1.54) is 0 Å². The molecule has 0 amide bonds. The van der Waals surface area contributed by atoms with Crippen LogP contribution in [-0.2, 0) is 16.4 Å². The summed E-state index contributed by atoms with van der Waals surface area (Å²) in [4.78, 5) is 0.279. The molecule has 7 heteroatoms. The minimum atomic E-state index is -3.56. The molecule has 1 aliphatic heterocycles. The minimum Gasteiger partial charge on any atom is -0.493 e. The summed E-state index contributed by atoms with van der Waals surface area (Å²) in [6.07, 6.45) is 2.07. The van der Waals surface area contributed by atoms with Crippen LogP contribution in [0, 0.1) is 0 Å². The van der Waals surface area contributed by atoms with Gasteiger partial charge in [0.2, 0.25) is 10.0 Å². The van der Waals surface area contributed by atoms with Crippen LogP contribution in [0.25, 0.3) is 0 Å². The molecule has 0 aromatic heterocycles. The van der Waals surface area contributed by atoms with Crippen LogP contribution in [-0.4, -0.2) is 27.1 Å². The van der Waals surface area contributed by atoms with Gasteiger partial charge in [-0.15, -0.1) is 12.4 Å². The summed E-state index contributed by atoms with van der Waals surface area (Å²) in [5, 5.41) is 0. The van der Waals surface area contributed by atoms with E-state index in [9.17, 15) is 8.42 Å². The Hall–Kier alpha value is -0.820. The quantitative estimate of drug-likeness (QED) is 0.831. The van der Waals surface area contributed by atoms with Crippen molar-refractivity contribution in [1.29, 1.82) is 0 Å². The standard InChI is InChI=1S/C14H22N2O3S.ClH/c1-3-14(4-2,10-15)16-20(17,18)12-5-6-13-11(9-12)7-8-19-13;/h5-6,9,16H,3-4,7-8,10,15H2,1-2H3;1H. The smallest absolute Gasteiger partial charge is 0.241 e. The van der Waals surface area contributed by atoms with E-state index < -0.39 is 15.6 Å². The van der Waals surface area contributed by atoms with Gasteiger partial charge in [0.25, 0.3) is 0 Å². The van der Waals surface area contributed by atoms with Gasteiger partial charge in [0, 0.05) is 18.5 Å². The van der Waals surface area contributed by atoms with Gasteiger partial charge in [0.05, 0.1) is 11.5 Å². The molecule has 5 nitrogen and oxygen atoms in total. The first-order chi connectivity index (χ1) is 9.46. The molecule has 0 unspecified atom stereocenters. The highest BCUT2D eigenvalue weighted by Crippen LogP contribution is 2.28. The number of ether oxygens (including phenoxy) is 1. The summed E-state index contributed by atoms with van der Waals surface area (Å²) in [7, 11) is -3.56. The third kappa shape index (κ3) is 3.69. The van der Waals surface area contributed by atoms with Crippen molar-refractivity contribution in [2.45, 2.75) is 43.5 Å². The summed E-state index contributed by atoms with van der Waals surface area (Å²) < 4.78 is 33.2. The summed E-state index contributed by atoms with van der Waals surface area (Å²) >= 11 is 0. The zero-order chi connectivity index (χ0) is 14.8. The Kier molecular flexibility index (Phi) is 6.04. The molecule has 1 heterocycles. The maximum Gasteiger partial charge on any atom is 0.241 e. The van der Waals surface area contributed by atoms with Gasteiger partial charge in [-0.3, -0.25) is 0 Å². The van der Waals surface area contributed by atoms with Gasteiger partial charge in [0.1, 0.15) is 5.75 Å². The van der Waals surface area contributed by atoms with Crippen molar-refractivity contribution in [1.82, 2.24) is 4.72 Å². The van der Waals surface area contributed by atoms with E-state index in [4.69, 9.17) is 10.5 Å². The fraction of sp³-hybridized carbons (Fsp3) is 0.571. The maximum absolute atomic E-state index is 12.5. The van der Waals surface area contributed by atoms with Crippen molar-refractivity contribution in [2.24, 2.45) is 5.73 Å². The van der Waals surface area contributed by atoms with E-state index in [-0.39, 0.29) is 23.8 Å². The van der Waals surface area contributed by atoms with Crippen molar-refractivity contribution in [3.8, 4) is 5.75 Å². The highest BCUT2D eigenvalue weighted by Gasteiger charge is 2.31. The highest BCUT2D eigenvalue weighted by molar-refractivity contribution is 7.89. The Morgan fingerprint density at radius 3 is 2.57 bits per heavy atom. The van der Waals surface area contributed by atoms with Gasteiger partial charge in [-0.05, 0) is 36.6 Å².